The Bertz CT molecular complexity index is 4260. The molecule has 14 rings (SSSR count). The van der Waals surface area contributed by atoms with Gasteiger partial charge in [-0.05, 0) is 97.9 Å². The van der Waals surface area contributed by atoms with Crippen LogP contribution in [0.5, 0.6) is 0 Å². The Morgan fingerprint density at radius 1 is 0.301 bits per heavy atom. The molecule has 4 nitrogen and oxygen atoms in total. The third kappa shape index (κ3) is 8.99. The van der Waals surface area contributed by atoms with Gasteiger partial charge in [0.1, 0.15) is 22.3 Å². The van der Waals surface area contributed by atoms with Gasteiger partial charge >= 0.3 is 0 Å². The predicted molar refractivity (Wildman–Crippen MR) is 312 cm³/mol. The molecule has 0 saturated heterocycles. The first kappa shape index (κ1) is 45.0. The highest BCUT2D eigenvalue weighted by atomic mass is 79.9. The monoisotopic (exact) mass is 1000 g/mol. The zero-order chi connectivity index (χ0) is 49.1. The molecular weight excluding hydrogens is 957 g/mol. The van der Waals surface area contributed by atoms with Crippen LogP contribution in [0, 0.1) is 0 Å². The number of anilines is 3. The van der Waals surface area contributed by atoms with Gasteiger partial charge in [0.25, 0.3) is 0 Å². The second-order valence-corrected chi connectivity index (χ2v) is 18.8. The molecule has 73 heavy (non-hydrogen) atoms. The van der Waals surface area contributed by atoms with Crippen molar-refractivity contribution in [3.63, 3.8) is 0 Å². The fraction of sp³-hybridized carbons (Fsp3) is 0. The van der Waals surface area contributed by atoms with Crippen molar-refractivity contribution in [2.75, 3.05) is 11.1 Å². The van der Waals surface area contributed by atoms with E-state index >= 15 is 0 Å². The summed E-state index contributed by atoms with van der Waals surface area (Å²) in [5.74, 6) is 0. The lowest BCUT2D eigenvalue weighted by molar-refractivity contribution is 0.669. The van der Waals surface area contributed by atoms with E-state index < -0.39 is 0 Å². The van der Waals surface area contributed by atoms with Gasteiger partial charge in [-0.15, -0.1) is 0 Å². The van der Waals surface area contributed by atoms with Crippen LogP contribution in [0.2, 0.25) is 0 Å². The van der Waals surface area contributed by atoms with Crippen molar-refractivity contribution in [3.05, 3.63) is 271 Å². The molecule has 14 aromatic rings. The van der Waals surface area contributed by atoms with E-state index in [2.05, 4.69) is 228 Å². The number of nitrogens with one attached hydrogen (secondary N) is 1. The summed E-state index contributed by atoms with van der Waals surface area (Å²) in [5, 5.41) is 13.3. The number of fused-ring (bicyclic) bond motifs is 8. The van der Waals surface area contributed by atoms with E-state index in [-0.39, 0.29) is 0 Å². The van der Waals surface area contributed by atoms with Crippen molar-refractivity contribution in [1.82, 2.24) is 0 Å². The molecule has 0 aliphatic heterocycles. The van der Waals surface area contributed by atoms with Crippen molar-refractivity contribution in [1.29, 1.82) is 0 Å². The van der Waals surface area contributed by atoms with Gasteiger partial charge in [0.05, 0.1) is 0 Å². The van der Waals surface area contributed by atoms with E-state index in [1.54, 1.807) is 0 Å². The van der Waals surface area contributed by atoms with Gasteiger partial charge in [0.2, 0.25) is 0 Å². The Hall–Kier alpha value is -9.16. The SMILES string of the molecule is Brc1ccccc1-c1cccc2ccccc12.Nc1ccc(-c2cccc3c2oc2ccccc23)cc1.c1ccc(-c2cccc3ccccc23)c(Nc2ccc(-c3cccc4c3oc3ccccc34)cc2)c1. The number of hydrogen-bond donors (Lipinski definition) is 2. The van der Waals surface area contributed by atoms with Crippen molar-refractivity contribution >= 4 is 98.4 Å². The first-order valence-corrected chi connectivity index (χ1v) is 25.2. The Labute approximate surface area is 431 Å². The van der Waals surface area contributed by atoms with Crippen LogP contribution in [0.25, 0.3) is 110 Å². The van der Waals surface area contributed by atoms with Crippen LogP contribution < -0.4 is 11.1 Å². The number of nitrogens with two attached hydrogens (primary N) is 1. The summed E-state index contributed by atoms with van der Waals surface area (Å²) in [5.41, 5.74) is 21.7. The second-order valence-electron chi connectivity index (χ2n) is 18.0. The minimum absolute atomic E-state index is 0.769. The van der Waals surface area contributed by atoms with Gasteiger partial charge in [-0.3, -0.25) is 0 Å². The molecular formula is C68H47BrN2O2. The van der Waals surface area contributed by atoms with Gasteiger partial charge in [-0.2, -0.15) is 0 Å². The number of rotatable bonds is 6. The topological polar surface area (TPSA) is 64.3 Å². The number of benzene rings is 12. The second kappa shape index (κ2) is 19.9. The highest BCUT2D eigenvalue weighted by Crippen LogP contribution is 2.40. The van der Waals surface area contributed by atoms with Gasteiger partial charge in [-0.1, -0.05) is 234 Å². The molecule has 12 aromatic carbocycles. The first-order valence-electron chi connectivity index (χ1n) is 24.4. The van der Waals surface area contributed by atoms with Crippen molar-refractivity contribution < 1.29 is 8.83 Å². The van der Waals surface area contributed by atoms with Gasteiger partial charge in [-0.25, -0.2) is 0 Å². The summed E-state index contributed by atoms with van der Waals surface area (Å²) in [6.07, 6.45) is 0. The molecule has 2 aromatic heterocycles. The highest BCUT2D eigenvalue weighted by Gasteiger charge is 2.14. The Morgan fingerprint density at radius 2 is 0.685 bits per heavy atom. The van der Waals surface area contributed by atoms with E-state index in [1.165, 1.54) is 43.8 Å². The summed E-state index contributed by atoms with van der Waals surface area (Å²) in [7, 11) is 0. The molecule has 0 unspecified atom stereocenters. The summed E-state index contributed by atoms with van der Waals surface area (Å²) in [6, 6.07) is 92.2. The van der Waals surface area contributed by atoms with E-state index in [0.717, 1.165) is 87.7 Å². The molecule has 0 aliphatic rings. The zero-order valence-corrected chi connectivity index (χ0v) is 41.3. The summed E-state index contributed by atoms with van der Waals surface area (Å²) in [6.45, 7) is 0. The van der Waals surface area contributed by atoms with Crippen molar-refractivity contribution in [3.8, 4) is 44.5 Å². The van der Waals surface area contributed by atoms with Gasteiger partial charge in [0.15, 0.2) is 0 Å². The lowest BCUT2D eigenvalue weighted by Gasteiger charge is -2.14. The quantitative estimate of drug-likeness (QED) is 0.163. The average molecular weight is 1000 g/mol. The van der Waals surface area contributed by atoms with Crippen molar-refractivity contribution in [2.45, 2.75) is 0 Å². The Morgan fingerprint density at radius 3 is 1.25 bits per heavy atom. The molecule has 0 aliphatic carbocycles. The summed E-state index contributed by atoms with van der Waals surface area (Å²) < 4.78 is 13.4. The maximum absolute atomic E-state index is 6.25. The number of furan rings is 2. The fourth-order valence-corrected chi connectivity index (χ4v) is 10.4. The molecule has 0 saturated carbocycles. The molecule has 348 valence electrons. The third-order valence-corrected chi connectivity index (χ3v) is 14.2. The van der Waals surface area contributed by atoms with Gasteiger partial charge in [0, 0.05) is 59.8 Å². The minimum Gasteiger partial charge on any atom is -0.455 e. The van der Waals surface area contributed by atoms with Crippen molar-refractivity contribution in [2.24, 2.45) is 0 Å². The maximum atomic E-state index is 6.25. The zero-order valence-electron chi connectivity index (χ0n) is 39.7. The lowest BCUT2D eigenvalue weighted by atomic mass is 9.97. The molecule has 0 fully saturated rings. The van der Waals surface area contributed by atoms with Crippen LogP contribution in [0.4, 0.5) is 17.1 Å². The molecule has 3 N–H and O–H groups in total. The summed E-state index contributed by atoms with van der Waals surface area (Å²) >= 11 is 3.62. The number of hydrogen-bond acceptors (Lipinski definition) is 4. The standard InChI is InChI=1S/C34H23NO.C18H13NO.C16H11Br/c1-2-11-26-23(9-1)10-7-15-28(26)29-12-3-5-17-32(29)35-25-21-19-24(20-22-25)27-14-8-16-31-30-13-4-6-18-33(30)36-34(27)31;19-13-10-8-12(9-11-13)14-5-3-6-16-15-4-1-2-7-17(15)20-18(14)16;17-16-11-4-3-9-15(16)14-10-5-7-12-6-1-2-8-13(12)14/h1-22,35H;1-11H,19H2;1-11H. The lowest BCUT2D eigenvalue weighted by Crippen LogP contribution is -1.94. The Kier molecular flexibility index (Phi) is 12.3. The number of nitrogen functional groups attached to an aromatic ring is 1. The first-order chi connectivity index (χ1) is 36.0. The molecule has 0 amide bonds. The van der Waals surface area contributed by atoms with E-state index in [4.69, 9.17) is 14.6 Å². The number of halogens is 1. The molecule has 0 spiro atoms. The van der Waals surface area contributed by atoms with Crippen LogP contribution >= 0.6 is 15.9 Å². The smallest absolute Gasteiger partial charge is 0.143 e. The Balaban J connectivity index is 0.000000123. The molecule has 0 atom stereocenters. The molecule has 0 radical (unpaired) electrons. The number of para-hydroxylation sites is 5. The van der Waals surface area contributed by atoms with Crippen LogP contribution in [0.3, 0.4) is 0 Å². The average Bonchev–Trinajstić information content (AvgIpc) is 4.03. The van der Waals surface area contributed by atoms with E-state index in [9.17, 15) is 0 Å². The van der Waals surface area contributed by atoms with Crippen LogP contribution in [0.1, 0.15) is 0 Å². The minimum atomic E-state index is 0.769. The van der Waals surface area contributed by atoms with Crippen LogP contribution in [-0.2, 0) is 0 Å². The molecule has 0 bridgehead atoms. The van der Waals surface area contributed by atoms with E-state index in [0.29, 0.717) is 0 Å². The maximum Gasteiger partial charge on any atom is 0.143 e. The fourth-order valence-electron chi connectivity index (χ4n) is 9.93. The molecule has 2 heterocycles. The third-order valence-electron chi connectivity index (χ3n) is 13.5. The van der Waals surface area contributed by atoms with Crippen LogP contribution in [-0.4, -0.2) is 0 Å². The largest absolute Gasteiger partial charge is 0.455 e. The van der Waals surface area contributed by atoms with E-state index in [1.807, 2.05) is 60.7 Å². The predicted octanol–water partition coefficient (Wildman–Crippen LogP) is 19.9. The normalized spacial score (nSPS) is 11.1. The molecule has 5 heteroatoms. The van der Waals surface area contributed by atoms with Gasteiger partial charge < -0.3 is 19.9 Å². The highest BCUT2D eigenvalue weighted by molar-refractivity contribution is 9.10. The van der Waals surface area contributed by atoms with Crippen LogP contribution in [0.15, 0.2) is 280 Å². The summed E-state index contributed by atoms with van der Waals surface area (Å²) in [4.78, 5) is 0.